The predicted octanol–water partition coefficient (Wildman–Crippen LogP) is 4.81. The van der Waals surface area contributed by atoms with Crippen LogP contribution in [-0.4, -0.2) is 25.6 Å². The first-order chi connectivity index (χ1) is 13.9. The molecule has 2 aromatic carbocycles. The number of carbonyl (C=O) groups is 2. The summed E-state index contributed by atoms with van der Waals surface area (Å²) in [5.41, 5.74) is 3.92. The molecule has 152 valence electrons. The molecule has 0 unspecified atom stereocenters. The number of carbonyl (C=O) groups excluding carboxylic acids is 2. The summed E-state index contributed by atoms with van der Waals surface area (Å²) in [4.78, 5) is 25.0. The van der Waals surface area contributed by atoms with Crippen LogP contribution < -0.4 is 5.32 Å². The number of ether oxygens (including phenoxy) is 2. The summed E-state index contributed by atoms with van der Waals surface area (Å²) in [6.07, 6.45) is 0. The van der Waals surface area contributed by atoms with Gasteiger partial charge in [0.15, 0.2) is 6.61 Å². The number of hydrogen-bond donors (Lipinski definition) is 1. The summed E-state index contributed by atoms with van der Waals surface area (Å²) >= 11 is 0. The Balaban J connectivity index is 1.73. The quantitative estimate of drug-likeness (QED) is 0.581. The molecule has 1 amide bonds. The van der Waals surface area contributed by atoms with Gasteiger partial charge < -0.3 is 19.2 Å². The lowest BCUT2D eigenvalue weighted by Gasteiger charge is -2.16. The fourth-order valence-corrected chi connectivity index (χ4v) is 3.27. The maximum absolute atomic E-state index is 12.6. The zero-order chi connectivity index (χ0) is 21.0. The second kappa shape index (κ2) is 8.92. The minimum Gasteiger partial charge on any atom is -0.450 e. The second-order valence-electron chi connectivity index (χ2n) is 7.16. The molecular weight excluding hydrogens is 370 g/mol. The molecule has 6 heteroatoms. The summed E-state index contributed by atoms with van der Waals surface area (Å²) in [6.45, 7) is 5.84. The van der Waals surface area contributed by atoms with Gasteiger partial charge in [-0.2, -0.15) is 0 Å². The van der Waals surface area contributed by atoms with Crippen LogP contribution in [0.2, 0.25) is 0 Å². The molecule has 0 bridgehead atoms. The van der Waals surface area contributed by atoms with Crippen LogP contribution in [0, 0.1) is 6.92 Å². The lowest BCUT2D eigenvalue weighted by molar-refractivity contribution is -0.119. The molecule has 0 aliphatic rings. The molecule has 0 spiro atoms. The average molecular weight is 395 g/mol. The number of anilines is 1. The first-order valence-electron chi connectivity index (χ1n) is 9.48. The molecule has 1 heterocycles. The molecule has 3 aromatic rings. The van der Waals surface area contributed by atoms with E-state index in [9.17, 15) is 9.59 Å². The van der Waals surface area contributed by atoms with E-state index in [4.69, 9.17) is 13.9 Å². The molecule has 1 N–H and O–H groups in total. The minimum absolute atomic E-state index is 0.0552. The van der Waals surface area contributed by atoms with E-state index in [-0.39, 0.29) is 18.3 Å². The van der Waals surface area contributed by atoms with Gasteiger partial charge in [0.2, 0.25) is 5.76 Å². The highest BCUT2D eigenvalue weighted by Gasteiger charge is 2.23. The third-order valence-electron chi connectivity index (χ3n) is 4.70. The van der Waals surface area contributed by atoms with Crippen LogP contribution in [0.3, 0.4) is 0 Å². The normalized spacial score (nSPS) is 11.1. The molecule has 29 heavy (non-hydrogen) atoms. The van der Waals surface area contributed by atoms with Crippen molar-refractivity contribution in [3.05, 3.63) is 64.9 Å². The molecule has 0 aliphatic heterocycles. The van der Waals surface area contributed by atoms with Crippen molar-refractivity contribution in [2.24, 2.45) is 0 Å². The van der Waals surface area contributed by atoms with E-state index in [1.807, 2.05) is 43.3 Å². The van der Waals surface area contributed by atoms with Crippen molar-refractivity contribution < 1.29 is 23.5 Å². The molecule has 1 aromatic heterocycles. The Morgan fingerprint density at radius 2 is 1.86 bits per heavy atom. The number of rotatable bonds is 7. The van der Waals surface area contributed by atoms with E-state index >= 15 is 0 Å². The molecule has 3 rings (SSSR count). The van der Waals surface area contributed by atoms with Crippen LogP contribution in [0.15, 0.2) is 46.9 Å². The molecule has 0 fully saturated rings. The van der Waals surface area contributed by atoms with E-state index in [1.165, 1.54) is 0 Å². The van der Waals surface area contributed by atoms with Gasteiger partial charge in [-0.15, -0.1) is 0 Å². The molecule has 0 aliphatic carbocycles. The number of hydrogen-bond acceptors (Lipinski definition) is 5. The number of nitrogens with one attached hydrogen (secondary N) is 1. The maximum atomic E-state index is 12.6. The molecule has 0 atom stereocenters. The van der Waals surface area contributed by atoms with Gasteiger partial charge >= 0.3 is 5.97 Å². The Morgan fingerprint density at radius 1 is 1.10 bits per heavy atom. The van der Waals surface area contributed by atoms with E-state index < -0.39 is 18.5 Å². The van der Waals surface area contributed by atoms with Gasteiger partial charge in [0.25, 0.3) is 5.91 Å². The van der Waals surface area contributed by atoms with E-state index in [0.717, 1.165) is 22.2 Å². The van der Waals surface area contributed by atoms with E-state index in [1.54, 1.807) is 13.2 Å². The van der Waals surface area contributed by atoms with Gasteiger partial charge in [0.1, 0.15) is 5.58 Å². The van der Waals surface area contributed by atoms with Crippen molar-refractivity contribution in [1.82, 2.24) is 0 Å². The summed E-state index contributed by atoms with van der Waals surface area (Å²) in [6, 6.07) is 13.2. The van der Waals surface area contributed by atoms with Crippen LogP contribution in [-0.2, 0) is 20.9 Å². The average Bonchev–Trinajstić information content (AvgIpc) is 3.06. The maximum Gasteiger partial charge on any atom is 0.375 e. The Labute approximate surface area is 169 Å². The largest absolute Gasteiger partial charge is 0.450 e. The topological polar surface area (TPSA) is 77.8 Å². The lowest BCUT2D eigenvalue weighted by Crippen LogP contribution is -2.22. The van der Waals surface area contributed by atoms with Crippen LogP contribution in [0.4, 0.5) is 5.69 Å². The fourth-order valence-electron chi connectivity index (χ4n) is 3.27. The molecular formula is C23H25NO5. The summed E-state index contributed by atoms with van der Waals surface area (Å²) < 4.78 is 16.1. The number of para-hydroxylation sites is 2. The number of aryl methyl sites for hydroxylation is 1. The Hall–Kier alpha value is -3.12. The lowest BCUT2D eigenvalue weighted by atomic mass is 9.98. The predicted molar refractivity (Wildman–Crippen MR) is 111 cm³/mol. The Kier molecular flexibility index (Phi) is 6.34. The highest BCUT2D eigenvalue weighted by atomic mass is 16.5. The van der Waals surface area contributed by atoms with E-state index in [2.05, 4.69) is 19.2 Å². The van der Waals surface area contributed by atoms with Crippen molar-refractivity contribution in [3.8, 4) is 0 Å². The summed E-state index contributed by atoms with van der Waals surface area (Å²) in [5, 5.41) is 3.65. The Bertz CT molecular complexity index is 1030. The first kappa shape index (κ1) is 20.6. The monoisotopic (exact) mass is 395 g/mol. The van der Waals surface area contributed by atoms with Gasteiger partial charge in [-0.3, -0.25) is 4.79 Å². The summed E-state index contributed by atoms with van der Waals surface area (Å²) in [7, 11) is 1.54. The van der Waals surface area contributed by atoms with E-state index in [0.29, 0.717) is 11.1 Å². The first-order valence-corrected chi connectivity index (χ1v) is 9.48. The molecule has 6 nitrogen and oxygen atoms in total. The second-order valence-corrected chi connectivity index (χ2v) is 7.16. The zero-order valence-corrected chi connectivity index (χ0v) is 17.1. The highest BCUT2D eigenvalue weighted by molar-refractivity contribution is 5.98. The number of amides is 1. The van der Waals surface area contributed by atoms with Gasteiger partial charge in [0.05, 0.1) is 6.61 Å². The number of methoxy groups -OCH3 is 1. The number of esters is 1. The molecule has 0 radical (unpaired) electrons. The van der Waals surface area contributed by atoms with Crippen molar-refractivity contribution in [1.29, 1.82) is 0 Å². The minimum atomic E-state index is -0.697. The molecule has 0 saturated heterocycles. The number of furan rings is 1. The zero-order valence-electron chi connectivity index (χ0n) is 17.1. The van der Waals surface area contributed by atoms with Crippen molar-refractivity contribution >= 4 is 28.5 Å². The van der Waals surface area contributed by atoms with Crippen molar-refractivity contribution in [2.75, 3.05) is 19.0 Å². The van der Waals surface area contributed by atoms with Crippen LogP contribution >= 0.6 is 0 Å². The SMILES string of the molecule is COCc1c(C(=O)OCC(=O)Nc2c(C)cccc2C(C)C)oc2ccccc12. The van der Waals surface area contributed by atoms with Gasteiger partial charge in [-0.1, -0.05) is 50.2 Å². The van der Waals surface area contributed by atoms with Gasteiger partial charge in [0, 0.05) is 23.7 Å². The smallest absolute Gasteiger partial charge is 0.375 e. The third kappa shape index (κ3) is 4.49. The van der Waals surface area contributed by atoms with Crippen LogP contribution in [0.1, 0.15) is 47.0 Å². The van der Waals surface area contributed by atoms with Crippen molar-refractivity contribution in [3.63, 3.8) is 0 Å². The third-order valence-corrected chi connectivity index (χ3v) is 4.70. The van der Waals surface area contributed by atoms with Crippen LogP contribution in [0.5, 0.6) is 0 Å². The van der Waals surface area contributed by atoms with Crippen molar-refractivity contribution in [2.45, 2.75) is 33.3 Å². The molecule has 0 saturated carbocycles. The standard InChI is InChI=1S/C23H25NO5/c1-14(2)16-10-7-8-15(3)21(16)24-20(25)13-28-23(26)22-18(12-27-4)17-9-5-6-11-19(17)29-22/h5-11,14H,12-13H2,1-4H3,(H,24,25). The van der Waals surface area contributed by atoms with Gasteiger partial charge in [-0.25, -0.2) is 4.79 Å². The Morgan fingerprint density at radius 3 is 2.59 bits per heavy atom. The fraction of sp³-hybridized carbons (Fsp3) is 0.304. The van der Waals surface area contributed by atoms with Crippen LogP contribution in [0.25, 0.3) is 11.0 Å². The highest BCUT2D eigenvalue weighted by Crippen LogP contribution is 2.28. The summed E-state index contributed by atoms with van der Waals surface area (Å²) in [5.74, 6) is -0.796. The number of fused-ring (bicyclic) bond motifs is 1. The number of benzene rings is 2. The van der Waals surface area contributed by atoms with Gasteiger partial charge in [-0.05, 0) is 30.0 Å².